The molecule has 2 heterocycles. The summed E-state index contributed by atoms with van der Waals surface area (Å²) in [5.74, 6) is 0.212. The molecule has 0 radical (unpaired) electrons. The third-order valence-corrected chi connectivity index (χ3v) is 8.71. The monoisotopic (exact) mass is 483 g/mol. The second kappa shape index (κ2) is 10.7. The molecule has 2 amide bonds. The number of nitrogens with zero attached hydrogens (tertiary/aromatic N) is 2. The number of hydrogen-bond acceptors (Lipinski definition) is 4. The Morgan fingerprint density at radius 2 is 1.76 bits per heavy atom. The largest absolute Gasteiger partial charge is 0.356 e. The Balaban J connectivity index is 1.24. The standard InChI is InChI=1S/C26H33N3O4S/c1-20(30)29-17-13-23-19-24(9-10-25(23)29)34(32,33)28-15-11-22(12-16-28)18-26(31)27-14-5-8-21-6-3-2-4-7-21/h2-4,6-7,9-10,19,22H,5,8,11-18H2,1H3,(H,27,31). The maximum atomic E-state index is 13.2. The summed E-state index contributed by atoms with van der Waals surface area (Å²) in [7, 11) is -3.59. The number of aryl methyl sites for hydroxylation is 1. The van der Waals surface area contributed by atoms with Crippen LogP contribution in [0.3, 0.4) is 0 Å². The molecule has 2 aromatic carbocycles. The Kier molecular flexibility index (Phi) is 7.68. The van der Waals surface area contributed by atoms with Crippen LogP contribution in [0.2, 0.25) is 0 Å². The lowest BCUT2D eigenvalue weighted by atomic mass is 9.94. The molecule has 2 aromatic rings. The summed E-state index contributed by atoms with van der Waals surface area (Å²) in [6.45, 7) is 3.61. The number of benzene rings is 2. The summed E-state index contributed by atoms with van der Waals surface area (Å²) in [5, 5.41) is 3.00. The Morgan fingerprint density at radius 3 is 2.47 bits per heavy atom. The molecular formula is C26H33N3O4S. The van der Waals surface area contributed by atoms with Crippen molar-refractivity contribution in [2.24, 2.45) is 5.92 Å². The van der Waals surface area contributed by atoms with Gasteiger partial charge in [-0.2, -0.15) is 4.31 Å². The Hall–Kier alpha value is -2.71. The third kappa shape index (κ3) is 5.67. The van der Waals surface area contributed by atoms with E-state index in [4.69, 9.17) is 0 Å². The van der Waals surface area contributed by atoms with Crippen molar-refractivity contribution in [3.63, 3.8) is 0 Å². The quantitative estimate of drug-likeness (QED) is 0.585. The zero-order chi connectivity index (χ0) is 24.1. The SMILES string of the molecule is CC(=O)N1CCc2cc(S(=O)(=O)N3CCC(CC(=O)NCCCc4ccccc4)CC3)ccc21. The van der Waals surface area contributed by atoms with Gasteiger partial charge in [-0.05, 0) is 67.3 Å². The van der Waals surface area contributed by atoms with Crippen LogP contribution in [0.1, 0.15) is 43.7 Å². The number of carbonyl (C=O) groups excluding carboxylic acids is 2. The Bertz CT molecular complexity index is 1130. The van der Waals surface area contributed by atoms with Crippen LogP contribution in [-0.4, -0.2) is 50.7 Å². The van der Waals surface area contributed by atoms with E-state index in [2.05, 4.69) is 17.4 Å². The first-order chi connectivity index (χ1) is 16.3. The molecule has 0 atom stereocenters. The van der Waals surface area contributed by atoms with Crippen molar-refractivity contribution in [2.75, 3.05) is 31.1 Å². The van der Waals surface area contributed by atoms with E-state index in [0.29, 0.717) is 51.9 Å². The van der Waals surface area contributed by atoms with Crippen LogP contribution in [0.5, 0.6) is 0 Å². The molecule has 1 saturated heterocycles. The van der Waals surface area contributed by atoms with Gasteiger partial charge in [0.25, 0.3) is 0 Å². The zero-order valence-electron chi connectivity index (χ0n) is 19.7. The molecule has 0 saturated carbocycles. The van der Waals surface area contributed by atoms with E-state index in [0.717, 1.165) is 24.1 Å². The molecule has 4 rings (SSSR count). The summed E-state index contributed by atoms with van der Waals surface area (Å²) in [4.78, 5) is 26.1. The van der Waals surface area contributed by atoms with Gasteiger partial charge in [-0.1, -0.05) is 30.3 Å². The molecule has 2 aliphatic rings. The summed E-state index contributed by atoms with van der Waals surface area (Å²) in [6.07, 6.45) is 4.31. The maximum absolute atomic E-state index is 13.2. The summed E-state index contributed by atoms with van der Waals surface area (Å²) in [5.41, 5.74) is 2.97. The van der Waals surface area contributed by atoms with Crippen molar-refractivity contribution < 1.29 is 18.0 Å². The van der Waals surface area contributed by atoms with Crippen LogP contribution >= 0.6 is 0 Å². The number of fused-ring (bicyclic) bond motifs is 1. The molecular weight excluding hydrogens is 450 g/mol. The van der Waals surface area contributed by atoms with E-state index in [1.54, 1.807) is 23.1 Å². The topological polar surface area (TPSA) is 86.8 Å². The molecule has 1 fully saturated rings. The maximum Gasteiger partial charge on any atom is 0.243 e. The molecule has 0 aromatic heterocycles. The van der Waals surface area contributed by atoms with Crippen LogP contribution in [0.4, 0.5) is 5.69 Å². The van der Waals surface area contributed by atoms with Gasteiger partial charge in [0.2, 0.25) is 21.8 Å². The second-order valence-electron chi connectivity index (χ2n) is 9.20. The van der Waals surface area contributed by atoms with E-state index in [1.165, 1.54) is 16.8 Å². The molecule has 8 heteroatoms. The molecule has 2 aliphatic heterocycles. The van der Waals surface area contributed by atoms with Crippen molar-refractivity contribution in [2.45, 2.75) is 50.3 Å². The molecule has 7 nitrogen and oxygen atoms in total. The predicted octanol–water partition coefficient (Wildman–Crippen LogP) is 3.14. The van der Waals surface area contributed by atoms with E-state index in [-0.39, 0.29) is 22.6 Å². The van der Waals surface area contributed by atoms with E-state index >= 15 is 0 Å². The second-order valence-corrected chi connectivity index (χ2v) is 11.1. The average molecular weight is 484 g/mol. The van der Waals surface area contributed by atoms with Crippen LogP contribution in [0.15, 0.2) is 53.4 Å². The first-order valence-corrected chi connectivity index (χ1v) is 13.5. The van der Waals surface area contributed by atoms with Gasteiger partial charge >= 0.3 is 0 Å². The first kappa shape index (κ1) is 24.4. The van der Waals surface area contributed by atoms with E-state index < -0.39 is 10.0 Å². The smallest absolute Gasteiger partial charge is 0.243 e. The number of nitrogens with one attached hydrogen (secondary N) is 1. The lowest BCUT2D eigenvalue weighted by Crippen LogP contribution is -2.39. The minimum absolute atomic E-state index is 0.0309. The van der Waals surface area contributed by atoms with Crippen molar-refractivity contribution in [3.05, 3.63) is 59.7 Å². The molecule has 0 aliphatic carbocycles. The molecule has 0 bridgehead atoms. The van der Waals surface area contributed by atoms with Gasteiger partial charge in [0, 0.05) is 45.2 Å². The van der Waals surface area contributed by atoms with Crippen LogP contribution in [0, 0.1) is 5.92 Å². The van der Waals surface area contributed by atoms with Gasteiger partial charge in [-0.25, -0.2) is 8.42 Å². The van der Waals surface area contributed by atoms with E-state index in [9.17, 15) is 18.0 Å². The zero-order valence-corrected chi connectivity index (χ0v) is 20.5. The lowest BCUT2D eigenvalue weighted by Gasteiger charge is -2.31. The lowest BCUT2D eigenvalue weighted by molar-refractivity contribution is -0.122. The van der Waals surface area contributed by atoms with Gasteiger partial charge in [0.15, 0.2) is 0 Å². The minimum atomic E-state index is -3.59. The van der Waals surface area contributed by atoms with Crippen molar-refractivity contribution in [3.8, 4) is 0 Å². The number of carbonyl (C=O) groups is 2. The van der Waals surface area contributed by atoms with Gasteiger partial charge in [0.05, 0.1) is 4.90 Å². The Labute approximate surface area is 202 Å². The summed E-state index contributed by atoms with van der Waals surface area (Å²) >= 11 is 0. The number of piperidine rings is 1. The summed E-state index contributed by atoms with van der Waals surface area (Å²) < 4.78 is 27.9. The Morgan fingerprint density at radius 1 is 1.03 bits per heavy atom. The van der Waals surface area contributed by atoms with Crippen molar-refractivity contribution in [1.29, 1.82) is 0 Å². The third-order valence-electron chi connectivity index (χ3n) is 6.82. The summed E-state index contributed by atoms with van der Waals surface area (Å²) in [6, 6.07) is 15.3. The minimum Gasteiger partial charge on any atom is -0.356 e. The van der Waals surface area contributed by atoms with Gasteiger partial charge in [0.1, 0.15) is 0 Å². The van der Waals surface area contributed by atoms with Gasteiger partial charge in [-0.15, -0.1) is 0 Å². The molecule has 0 unspecified atom stereocenters. The highest BCUT2D eigenvalue weighted by Gasteiger charge is 2.32. The van der Waals surface area contributed by atoms with Gasteiger partial charge < -0.3 is 10.2 Å². The number of sulfonamides is 1. The fraction of sp³-hybridized carbons (Fsp3) is 0.462. The molecule has 182 valence electrons. The van der Waals surface area contributed by atoms with Crippen molar-refractivity contribution in [1.82, 2.24) is 9.62 Å². The van der Waals surface area contributed by atoms with Crippen LogP contribution in [0.25, 0.3) is 0 Å². The highest BCUT2D eigenvalue weighted by Crippen LogP contribution is 2.32. The normalized spacial score (nSPS) is 16.9. The van der Waals surface area contributed by atoms with Gasteiger partial charge in [-0.3, -0.25) is 9.59 Å². The van der Waals surface area contributed by atoms with Crippen molar-refractivity contribution >= 4 is 27.5 Å². The number of rotatable bonds is 8. The molecule has 34 heavy (non-hydrogen) atoms. The average Bonchev–Trinajstić information content (AvgIpc) is 3.27. The molecule has 1 N–H and O–H groups in total. The number of anilines is 1. The number of amides is 2. The van der Waals surface area contributed by atoms with E-state index in [1.807, 2.05) is 18.2 Å². The van der Waals surface area contributed by atoms with Crippen LogP contribution < -0.4 is 10.2 Å². The molecule has 0 spiro atoms. The van der Waals surface area contributed by atoms with Crippen LogP contribution in [-0.2, 0) is 32.5 Å². The fourth-order valence-corrected chi connectivity index (χ4v) is 6.39. The fourth-order valence-electron chi connectivity index (χ4n) is 4.87. The first-order valence-electron chi connectivity index (χ1n) is 12.1. The highest BCUT2D eigenvalue weighted by molar-refractivity contribution is 7.89. The highest BCUT2D eigenvalue weighted by atomic mass is 32.2. The number of hydrogen-bond donors (Lipinski definition) is 1. The predicted molar refractivity (Wildman–Crippen MR) is 132 cm³/mol.